The summed E-state index contributed by atoms with van der Waals surface area (Å²) in [6.07, 6.45) is 0.578. The first-order valence-corrected chi connectivity index (χ1v) is 9.49. The third-order valence-electron chi connectivity index (χ3n) is 4.27. The summed E-state index contributed by atoms with van der Waals surface area (Å²) in [6.45, 7) is 1.82. The van der Waals surface area contributed by atoms with Crippen LogP contribution in [0.2, 0.25) is 0 Å². The molecule has 132 valence electrons. The topological polar surface area (TPSA) is 92.7 Å². The Labute approximate surface area is 146 Å². The normalized spacial score (nSPS) is 17.9. The Bertz CT molecular complexity index is 877. The molecule has 0 radical (unpaired) electrons. The minimum atomic E-state index is -3.84. The van der Waals surface area contributed by atoms with Gasteiger partial charge in [-0.05, 0) is 37.3 Å². The Morgan fingerprint density at radius 3 is 2.60 bits per heavy atom. The lowest BCUT2D eigenvalue weighted by atomic mass is 10.0. The van der Waals surface area contributed by atoms with Gasteiger partial charge in [-0.15, -0.1) is 0 Å². The summed E-state index contributed by atoms with van der Waals surface area (Å²) in [5.74, 6) is 0.109. The quantitative estimate of drug-likeness (QED) is 0.871. The molecule has 0 unspecified atom stereocenters. The van der Waals surface area contributed by atoms with E-state index in [4.69, 9.17) is 4.74 Å². The number of rotatable bonds is 4. The number of hydrogen-bond acceptors (Lipinski definition) is 5. The lowest BCUT2D eigenvalue weighted by Gasteiger charge is -2.27. The van der Waals surface area contributed by atoms with Gasteiger partial charge < -0.3 is 15.2 Å². The van der Waals surface area contributed by atoms with Gasteiger partial charge in [-0.2, -0.15) is 0 Å². The van der Waals surface area contributed by atoms with E-state index >= 15 is 0 Å². The van der Waals surface area contributed by atoms with E-state index in [1.54, 1.807) is 0 Å². The average Bonchev–Trinajstić information content (AvgIpc) is 2.61. The Kier molecular flexibility index (Phi) is 4.67. The zero-order valence-corrected chi connectivity index (χ0v) is 14.5. The molecule has 0 aliphatic carbocycles. The van der Waals surface area contributed by atoms with Crippen LogP contribution in [0.1, 0.15) is 24.9 Å². The molecule has 7 heteroatoms. The lowest BCUT2D eigenvalue weighted by Crippen LogP contribution is -2.41. The molecular weight excluding hydrogens is 342 g/mol. The standard InChI is InChI=1S/C18H19NO5S/c1-12(25(22,23)14-8-6-13(20)7-9-14)18(21)19-16-10-11-24-17-5-3-2-4-15(16)17/h2-9,12,16,20H,10-11H2,1H3,(H,19,21)/t12-,16+/m0/s1. The van der Waals surface area contributed by atoms with Gasteiger partial charge in [0, 0.05) is 12.0 Å². The molecule has 1 amide bonds. The number of nitrogens with one attached hydrogen (secondary N) is 1. The maximum absolute atomic E-state index is 12.6. The number of fused-ring (bicyclic) bond motifs is 1. The van der Waals surface area contributed by atoms with E-state index in [0.29, 0.717) is 18.8 Å². The highest BCUT2D eigenvalue weighted by Gasteiger charge is 2.32. The van der Waals surface area contributed by atoms with Crippen LogP contribution in [0, 0.1) is 0 Å². The number of para-hydroxylation sites is 1. The number of phenols is 1. The minimum absolute atomic E-state index is 0.000303. The van der Waals surface area contributed by atoms with Crippen LogP contribution in [0.15, 0.2) is 53.4 Å². The van der Waals surface area contributed by atoms with Crippen LogP contribution in [-0.4, -0.2) is 31.3 Å². The fraction of sp³-hybridized carbons (Fsp3) is 0.278. The van der Waals surface area contributed by atoms with Gasteiger partial charge in [-0.25, -0.2) is 8.42 Å². The molecule has 0 spiro atoms. The van der Waals surface area contributed by atoms with E-state index in [-0.39, 0.29) is 16.7 Å². The number of benzene rings is 2. The number of phenolic OH excluding ortho intramolecular Hbond substituents is 1. The molecule has 2 aromatic rings. The maximum Gasteiger partial charge on any atom is 0.238 e. The second-order valence-corrected chi connectivity index (χ2v) is 8.19. The zero-order valence-electron chi connectivity index (χ0n) is 13.7. The van der Waals surface area contributed by atoms with Gasteiger partial charge in [0.15, 0.2) is 9.84 Å². The number of aromatic hydroxyl groups is 1. The van der Waals surface area contributed by atoms with Crippen LogP contribution in [0.3, 0.4) is 0 Å². The summed E-state index contributed by atoms with van der Waals surface area (Å²) in [4.78, 5) is 12.5. The molecule has 1 aliphatic heterocycles. The van der Waals surface area contributed by atoms with Crippen LogP contribution in [0.4, 0.5) is 0 Å². The highest BCUT2D eigenvalue weighted by Crippen LogP contribution is 2.31. The fourth-order valence-corrected chi connectivity index (χ4v) is 4.04. The van der Waals surface area contributed by atoms with Crippen LogP contribution >= 0.6 is 0 Å². The molecule has 2 N–H and O–H groups in total. The van der Waals surface area contributed by atoms with E-state index in [9.17, 15) is 18.3 Å². The van der Waals surface area contributed by atoms with Gasteiger partial charge in [0.05, 0.1) is 17.5 Å². The first-order valence-electron chi connectivity index (χ1n) is 7.94. The summed E-state index contributed by atoms with van der Waals surface area (Å²) in [5.41, 5.74) is 0.844. The molecule has 1 heterocycles. The Morgan fingerprint density at radius 2 is 1.88 bits per heavy atom. The van der Waals surface area contributed by atoms with Gasteiger partial charge in [0.2, 0.25) is 5.91 Å². The number of ether oxygens (including phenoxy) is 1. The molecule has 0 aromatic heterocycles. The van der Waals surface area contributed by atoms with E-state index in [1.807, 2.05) is 24.3 Å². The Morgan fingerprint density at radius 1 is 1.20 bits per heavy atom. The molecule has 3 rings (SSSR count). The maximum atomic E-state index is 12.6. The fourth-order valence-electron chi connectivity index (χ4n) is 2.76. The molecule has 25 heavy (non-hydrogen) atoms. The molecule has 6 nitrogen and oxygen atoms in total. The van der Waals surface area contributed by atoms with Gasteiger partial charge in [0.1, 0.15) is 16.7 Å². The number of carbonyl (C=O) groups excluding carboxylic acids is 1. The smallest absolute Gasteiger partial charge is 0.238 e. The molecule has 2 atom stereocenters. The van der Waals surface area contributed by atoms with Crippen LogP contribution in [0.5, 0.6) is 11.5 Å². The van der Waals surface area contributed by atoms with E-state index in [0.717, 1.165) is 5.56 Å². The summed E-state index contributed by atoms with van der Waals surface area (Å²) in [7, 11) is -3.84. The third-order valence-corrected chi connectivity index (χ3v) is 6.35. The highest BCUT2D eigenvalue weighted by molar-refractivity contribution is 7.92. The van der Waals surface area contributed by atoms with Crippen LogP contribution < -0.4 is 10.1 Å². The molecule has 0 bridgehead atoms. The third kappa shape index (κ3) is 3.46. The zero-order chi connectivity index (χ0) is 18.0. The van der Waals surface area contributed by atoms with Crippen molar-refractivity contribution in [3.05, 3.63) is 54.1 Å². The van der Waals surface area contributed by atoms with Gasteiger partial charge in [0.25, 0.3) is 0 Å². The number of carbonyl (C=O) groups is 1. The first-order chi connectivity index (χ1) is 11.9. The summed E-state index contributed by atoms with van der Waals surface area (Å²) in [5, 5.41) is 10.9. The largest absolute Gasteiger partial charge is 0.508 e. The molecule has 0 fully saturated rings. The van der Waals surface area contributed by atoms with Crippen molar-refractivity contribution < 1.29 is 23.1 Å². The number of hydrogen-bond donors (Lipinski definition) is 2. The Balaban J connectivity index is 1.78. The van der Waals surface area contributed by atoms with Crippen molar-refractivity contribution in [3.8, 4) is 11.5 Å². The molecule has 0 saturated carbocycles. The molecule has 0 saturated heterocycles. The first kappa shape index (κ1) is 17.3. The van der Waals surface area contributed by atoms with Gasteiger partial charge >= 0.3 is 0 Å². The van der Waals surface area contributed by atoms with Crippen molar-refractivity contribution in [2.75, 3.05) is 6.61 Å². The minimum Gasteiger partial charge on any atom is -0.508 e. The summed E-state index contributed by atoms with van der Waals surface area (Å²) in [6, 6.07) is 12.2. The number of amides is 1. The van der Waals surface area contributed by atoms with E-state index < -0.39 is 21.0 Å². The predicted octanol–water partition coefficient (Wildman–Crippen LogP) is 2.19. The van der Waals surface area contributed by atoms with Crippen LogP contribution in [-0.2, 0) is 14.6 Å². The van der Waals surface area contributed by atoms with Crippen molar-refractivity contribution in [1.82, 2.24) is 5.32 Å². The predicted molar refractivity (Wildman–Crippen MR) is 92.2 cm³/mol. The average molecular weight is 361 g/mol. The van der Waals surface area contributed by atoms with E-state index in [2.05, 4.69) is 5.32 Å². The second kappa shape index (κ2) is 6.76. The van der Waals surface area contributed by atoms with Gasteiger partial charge in [-0.1, -0.05) is 18.2 Å². The Hall–Kier alpha value is -2.54. The lowest BCUT2D eigenvalue weighted by molar-refractivity contribution is -0.121. The van der Waals surface area contributed by atoms with Crippen LogP contribution in [0.25, 0.3) is 0 Å². The second-order valence-electron chi connectivity index (χ2n) is 5.92. The van der Waals surface area contributed by atoms with Crippen molar-refractivity contribution in [2.45, 2.75) is 29.5 Å². The monoisotopic (exact) mass is 361 g/mol. The van der Waals surface area contributed by atoms with Gasteiger partial charge in [-0.3, -0.25) is 4.79 Å². The summed E-state index contributed by atoms with van der Waals surface area (Å²) < 4.78 is 30.8. The SMILES string of the molecule is C[C@@H](C(=O)N[C@@H]1CCOc2ccccc21)S(=O)(=O)c1ccc(O)cc1. The van der Waals surface area contributed by atoms with Crippen molar-refractivity contribution in [1.29, 1.82) is 0 Å². The summed E-state index contributed by atoms with van der Waals surface area (Å²) >= 11 is 0. The molecule has 1 aliphatic rings. The molecule has 2 aromatic carbocycles. The van der Waals surface area contributed by atoms with Crippen molar-refractivity contribution in [3.63, 3.8) is 0 Å². The van der Waals surface area contributed by atoms with Crippen molar-refractivity contribution >= 4 is 15.7 Å². The molecular formula is C18H19NO5S. The van der Waals surface area contributed by atoms with Crippen molar-refractivity contribution in [2.24, 2.45) is 0 Å². The number of sulfone groups is 1. The highest BCUT2D eigenvalue weighted by atomic mass is 32.2. The van der Waals surface area contributed by atoms with E-state index in [1.165, 1.54) is 31.2 Å².